The zero-order chi connectivity index (χ0) is 16.3. The van der Waals surface area contributed by atoms with E-state index < -0.39 is 0 Å². The summed E-state index contributed by atoms with van der Waals surface area (Å²) in [6.07, 6.45) is 16.6. The molecule has 0 aromatic rings. The minimum absolute atomic E-state index is 0. The second kappa shape index (κ2) is 4.87. The highest BCUT2D eigenvalue weighted by molar-refractivity contribution is 5.38. The van der Waals surface area contributed by atoms with Gasteiger partial charge in [-0.05, 0) is 55.4 Å². The van der Waals surface area contributed by atoms with Crippen LogP contribution in [0.2, 0.25) is 0 Å². The Morgan fingerprint density at radius 3 is 2.57 bits per heavy atom. The quantitative estimate of drug-likeness (QED) is 0.465. The molecule has 0 aromatic heterocycles. The predicted octanol–water partition coefficient (Wildman–Crippen LogP) is 4.94. The number of hydrogen-bond donors (Lipinski definition) is 0. The van der Waals surface area contributed by atoms with E-state index in [1.54, 1.807) is 5.57 Å². The molecule has 4 rings (SSSR count). The Hall–Kier alpha value is -0.780. The monoisotopic (exact) mass is 316 g/mol. The molecular weight excluding hydrogens is 284 g/mol. The molecular formula is C21H32O2. The lowest BCUT2D eigenvalue weighted by Gasteiger charge is -2.64. The molecule has 0 aromatic carbocycles. The van der Waals surface area contributed by atoms with Crippen LogP contribution in [-0.4, -0.2) is 19.0 Å². The molecule has 1 unspecified atom stereocenters. The third kappa shape index (κ3) is 1.84. The van der Waals surface area contributed by atoms with Crippen molar-refractivity contribution < 1.29 is 10.9 Å². The van der Waals surface area contributed by atoms with E-state index in [1.165, 1.54) is 25.7 Å². The smallest absolute Gasteiger partial charge is 0.173 e. The van der Waals surface area contributed by atoms with Crippen LogP contribution in [0.25, 0.3) is 0 Å². The minimum Gasteiger partial charge on any atom is -0.347 e. The molecule has 0 amide bonds. The number of fused-ring (bicyclic) bond motifs is 3. The van der Waals surface area contributed by atoms with Crippen LogP contribution in [0.5, 0.6) is 0 Å². The molecule has 1 heterocycles. The van der Waals surface area contributed by atoms with Crippen LogP contribution >= 0.6 is 0 Å². The Labute approximate surface area is 142 Å². The summed E-state index contributed by atoms with van der Waals surface area (Å²) >= 11 is 0. The van der Waals surface area contributed by atoms with Gasteiger partial charge in [0.1, 0.15) is 0 Å². The van der Waals surface area contributed by atoms with Crippen LogP contribution in [0.15, 0.2) is 11.6 Å². The molecule has 3 aliphatic carbocycles. The van der Waals surface area contributed by atoms with E-state index in [9.17, 15) is 0 Å². The van der Waals surface area contributed by atoms with Gasteiger partial charge < -0.3 is 9.47 Å². The average Bonchev–Trinajstić information content (AvgIpc) is 3.03. The van der Waals surface area contributed by atoms with E-state index in [-0.39, 0.29) is 23.5 Å². The molecule has 2 saturated carbocycles. The summed E-state index contributed by atoms with van der Waals surface area (Å²) in [5.41, 5.74) is 1.84. The van der Waals surface area contributed by atoms with Crippen LogP contribution in [0, 0.1) is 34.5 Å². The normalized spacial score (nSPS) is 44.1. The fourth-order valence-corrected chi connectivity index (χ4v) is 6.59. The molecule has 0 bridgehead atoms. The highest BCUT2D eigenvalue weighted by atomic mass is 16.7. The van der Waals surface area contributed by atoms with E-state index in [1.807, 2.05) is 0 Å². The van der Waals surface area contributed by atoms with Gasteiger partial charge in [-0.15, -0.1) is 6.42 Å². The molecule has 1 aliphatic heterocycles. The molecule has 128 valence electrons. The molecule has 4 aliphatic rings. The standard InChI is InChI=1S/C21H30O2.H2/c1-5-20-10-7-6-8-17(20)19(4)12-13-21(22-14-15-23-21)18(2,3)16(19)9-11-20;/h1,8,16H,6-7,9-15H2,2-4H3;1H/t16?,19-,20+;/m0./s1. The predicted molar refractivity (Wildman–Crippen MR) is 93.8 cm³/mol. The van der Waals surface area contributed by atoms with Gasteiger partial charge in [0.05, 0.1) is 18.6 Å². The van der Waals surface area contributed by atoms with E-state index in [4.69, 9.17) is 15.9 Å². The SMILES string of the molecule is C#C[C@]12CCCC=C1[C@@]1(C)CCC3(OCCO3)C(C)(C)C1CC2.[HH]. The lowest BCUT2D eigenvalue weighted by atomic mass is 9.43. The third-order valence-corrected chi connectivity index (χ3v) is 7.77. The molecule has 2 heteroatoms. The maximum absolute atomic E-state index is 6.20. The highest BCUT2D eigenvalue weighted by Crippen LogP contribution is 2.68. The molecule has 2 nitrogen and oxygen atoms in total. The van der Waals surface area contributed by atoms with Gasteiger partial charge in [0.15, 0.2) is 5.79 Å². The topological polar surface area (TPSA) is 18.5 Å². The fourth-order valence-electron chi connectivity index (χ4n) is 6.59. The third-order valence-electron chi connectivity index (χ3n) is 7.77. The number of allylic oxidation sites excluding steroid dienone is 2. The van der Waals surface area contributed by atoms with Crippen LogP contribution in [-0.2, 0) is 9.47 Å². The lowest BCUT2D eigenvalue weighted by Crippen LogP contribution is -2.61. The Bertz CT molecular complexity index is 581. The Kier molecular flexibility index (Phi) is 3.33. The molecule has 1 saturated heterocycles. The van der Waals surface area contributed by atoms with Gasteiger partial charge in [-0.2, -0.15) is 0 Å². The summed E-state index contributed by atoms with van der Waals surface area (Å²) in [6, 6.07) is 0. The van der Waals surface area contributed by atoms with Crippen molar-refractivity contribution in [1.82, 2.24) is 0 Å². The molecule has 3 atom stereocenters. The van der Waals surface area contributed by atoms with E-state index >= 15 is 0 Å². The van der Waals surface area contributed by atoms with Crippen LogP contribution in [0.3, 0.4) is 0 Å². The van der Waals surface area contributed by atoms with Crippen molar-refractivity contribution in [3.05, 3.63) is 11.6 Å². The lowest BCUT2D eigenvalue weighted by molar-refractivity contribution is -0.284. The van der Waals surface area contributed by atoms with Crippen molar-refractivity contribution in [3.8, 4) is 12.3 Å². The molecule has 23 heavy (non-hydrogen) atoms. The summed E-state index contributed by atoms with van der Waals surface area (Å²) in [5, 5.41) is 0. The summed E-state index contributed by atoms with van der Waals surface area (Å²) in [6.45, 7) is 8.69. The van der Waals surface area contributed by atoms with Crippen LogP contribution in [0.4, 0.5) is 0 Å². The summed E-state index contributed by atoms with van der Waals surface area (Å²) in [4.78, 5) is 0. The maximum atomic E-state index is 6.20. The zero-order valence-electron chi connectivity index (χ0n) is 14.9. The first-order valence-corrected chi connectivity index (χ1v) is 9.37. The van der Waals surface area contributed by atoms with Gasteiger partial charge in [-0.3, -0.25) is 0 Å². The van der Waals surface area contributed by atoms with Gasteiger partial charge in [-0.1, -0.05) is 32.8 Å². The zero-order valence-corrected chi connectivity index (χ0v) is 14.9. The van der Waals surface area contributed by atoms with E-state index in [0.29, 0.717) is 5.92 Å². The first-order chi connectivity index (χ1) is 10.9. The first kappa shape index (κ1) is 15.7. The largest absolute Gasteiger partial charge is 0.347 e. The Morgan fingerprint density at radius 2 is 1.87 bits per heavy atom. The van der Waals surface area contributed by atoms with Crippen molar-refractivity contribution in [2.24, 2.45) is 22.2 Å². The second-order valence-electron chi connectivity index (χ2n) is 8.92. The van der Waals surface area contributed by atoms with Crippen molar-refractivity contribution >= 4 is 0 Å². The second-order valence-corrected chi connectivity index (χ2v) is 8.92. The number of rotatable bonds is 0. The summed E-state index contributed by atoms with van der Waals surface area (Å²) in [5.74, 6) is 3.44. The first-order valence-electron chi connectivity index (χ1n) is 9.37. The van der Waals surface area contributed by atoms with Crippen LogP contribution in [0.1, 0.15) is 67.1 Å². The van der Waals surface area contributed by atoms with Gasteiger partial charge in [0.25, 0.3) is 0 Å². The highest BCUT2D eigenvalue weighted by Gasteiger charge is 2.65. The summed E-state index contributed by atoms with van der Waals surface area (Å²) < 4.78 is 12.4. The summed E-state index contributed by atoms with van der Waals surface area (Å²) in [7, 11) is 0. The van der Waals surface area contributed by atoms with Gasteiger partial charge in [0, 0.05) is 13.3 Å². The van der Waals surface area contributed by atoms with Crippen molar-refractivity contribution in [2.75, 3.05) is 13.2 Å². The molecule has 0 radical (unpaired) electrons. The molecule has 0 N–H and O–H groups in total. The number of ether oxygens (including phenoxy) is 2. The average molecular weight is 316 g/mol. The number of hydrogen-bond acceptors (Lipinski definition) is 2. The Morgan fingerprint density at radius 1 is 1.13 bits per heavy atom. The number of terminal acetylenes is 1. The van der Waals surface area contributed by atoms with E-state index in [0.717, 1.165) is 32.5 Å². The van der Waals surface area contributed by atoms with Crippen LogP contribution < -0.4 is 0 Å². The van der Waals surface area contributed by atoms with E-state index in [2.05, 4.69) is 32.8 Å². The Balaban J connectivity index is 0.00000169. The molecule has 3 fully saturated rings. The fraction of sp³-hybridized carbons (Fsp3) is 0.810. The van der Waals surface area contributed by atoms with Gasteiger partial charge in [0.2, 0.25) is 0 Å². The maximum Gasteiger partial charge on any atom is 0.173 e. The van der Waals surface area contributed by atoms with Crippen molar-refractivity contribution in [2.45, 2.75) is 71.5 Å². The van der Waals surface area contributed by atoms with Gasteiger partial charge >= 0.3 is 0 Å². The minimum atomic E-state index is -0.372. The van der Waals surface area contributed by atoms with Crippen molar-refractivity contribution in [1.29, 1.82) is 0 Å². The van der Waals surface area contributed by atoms with Gasteiger partial charge in [-0.25, -0.2) is 0 Å². The molecule has 1 spiro atoms. The van der Waals surface area contributed by atoms with Crippen molar-refractivity contribution in [3.63, 3.8) is 0 Å².